The number of carbonyl (C=O) groups is 1. The number of nitrogens with one attached hydrogen (secondary N) is 2. The van der Waals surface area contributed by atoms with Crippen molar-refractivity contribution in [3.8, 4) is 0 Å². The summed E-state index contributed by atoms with van der Waals surface area (Å²) in [6.45, 7) is 1.94. The fourth-order valence-electron chi connectivity index (χ4n) is 2.32. The highest BCUT2D eigenvalue weighted by Crippen LogP contribution is 2.19. The zero-order valence-corrected chi connectivity index (χ0v) is 13.3. The number of nitrogen functional groups attached to an aromatic ring is 1. The number of rotatable bonds is 7. The Morgan fingerprint density at radius 3 is 2.52 bits per heavy atom. The lowest BCUT2D eigenvalue weighted by atomic mass is 10.0. The molecule has 0 aromatic heterocycles. The number of para-hydroxylation sites is 2. The maximum absolute atomic E-state index is 11.3. The van der Waals surface area contributed by atoms with E-state index in [4.69, 9.17) is 10.8 Å². The summed E-state index contributed by atoms with van der Waals surface area (Å²) in [5.74, 6) is -0.387. The molecule has 5 N–H and O–H groups in total. The number of carbonyl (C=O) groups excluding carboxylic acids is 1. The van der Waals surface area contributed by atoms with E-state index in [0.717, 1.165) is 12.1 Å². The molecule has 122 valence electrons. The predicted octanol–water partition coefficient (Wildman–Crippen LogP) is 1.71. The van der Waals surface area contributed by atoms with Gasteiger partial charge >= 0.3 is 0 Å². The number of hydrogen-bond acceptors (Lipinski definition) is 4. The molecule has 0 aliphatic heterocycles. The fourth-order valence-corrected chi connectivity index (χ4v) is 2.32. The number of benzene rings is 2. The van der Waals surface area contributed by atoms with Gasteiger partial charge in [0.2, 0.25) is 5.91 Å². The van der Waals surface area contributed by atoms with Crippen molar-refractivity contribution in [3.05, 3.63) is 59.7 Å². The number of hydrogen-bond donors (Lipinski definition) is 4. The molecule has 23 heavy (non-hydrogen) atoms. The second-order valence-corrected chi connectivity index (χ2v) is 5.58. The molecule has 1 atom stereocenters. The zero-order valence-electron chi connectivity index (χ0n) is 13.3. The summed E-state index contributed by atoms with van der Waals surface area (Å²) in [5, 5.41) is 14.9. The van der Waals surface area contributed by atoms with Gasteiger partial charge < -0.3 is 21.5 Å². The Labute approximate surface area is 136 Å². The number of aliphatic hydroxyl groups is 1. The third-order valence-corrected chi connectivity index (χ3v) is 3.61. The van der Waals surface area contributed by atoms with Gasteiger partial charge in [0.15, 0.2) is 0 Å². The van der Waals surface area contributed by atoms with Gasteiger partial charge in [0.1, 0.15) is 6.61 Å². The first-order chi connectivity index (χ1) is 11.1. The highest BCUT2D eigenvalue weighted by molar-refractivity contribution is 5.77. The molecule has 1 amide bonds. The number of aryl methyl sites for hydroxylation is 1. The lowest BCUT2D eigenvalue weighted by molar-refractivity contribution is -0.123. The maximum Gasteiger partial charge on any atom is 0.245 e. The van der Waals surface area contributed by atoms with E-state index in [2.05, 4.69) is 34.9 Å². The van der Waals surface area contributed by atoms with Crippen molar-refractivity contribution in [2.45, 2.75) is 19.4 Å². The van der Waals surface area contributed by atoms with Crippen molar-refractivity contribution in [2.24, 2.45) is 0 Å². The van der Waals surface area contributed by atoms with Crippen LogP contribution in [0.3, 0.4) is 0 Å². The summed E-state index contributed by atoms with van der Waals surface area (Å²) >= 11 is 0. The standard InChI is InChI=1S/C18H23N3O2/c1-13-6-8-14(9-7-13)10-15(11-20-18(23)12-22)21-17-5-3-2-4-16(17)19/h2-9,15,21-22H,10-12,19H2,1H3,(H,20,23). The minimum Gasteiger partial charge on any atom is -0.397 e. The van der Waals surface area contributed by atoms with E-state index in [9.17, 15) is 4.79 Å². The average Bonchev–Trinajstić information content (AvgIpc) is 2.56. The summed E-state index contributed by atoms with van der Waals surface area (Å²) in [5.41, 5.74) is 9.85. The normalized spacial score (nSPS) is 11.7. The van der Waals surface area contributed by atoms with E-state index >= 15 is 0 Å². The van der Waals surface area contributed by atoms with Gasteiger partial charge in [-0.1, -0.05) is 42.0 Å². The van der Waals surface area contributed by atoms with Crippen LogP contribution in [0, 0.1) is 6.92 Å². The van der Waals surface area contributed by atoms with Crippen molar-refractivity contribution < 1.29 is 9.90 Å². The highest BCUT2D eigenvalue weighted by atomic mass is 16.3. The van der Waals surface area contributed by atoms with Crippen molar-refractivity contribution in [3.63, 3.8) is 0 Å². The molecule has 2 rings (SSSR count). The molecule has 0 fully saturated rings. The number of anilines is 2. The maximum atomic E-state index is 11.3. The van der Waals surface area contributed by atoms with Crippen LogP contribution in [0.2, 0.25) is 0 Å². The molecule has 0 saturated carbocycles. The van der Waals surface area contributed by atoms with E-state index in [1.54, 1.807) is 0 Å². The second-order valence-electron chi connectivity index (χ2n) is 5.58. The van der Waals surface area contributed by atoms with Gasteiger partial charge in [-0.25, -0.2) is 0 Å². The van der Waals surface area contributed by atoms with Crippen molar-refractivity contribution in [2.75, 3.05) is 24.2 Å². The fraction of sp³-hybridized carbons (Fsp3) is 0.278. The molecule has 1 unspecified atom stereocenters. The van der Waals surface area contributed by atoms with Crippen molar-refractivity contribution in [1.82, 2.24) is 5.32 Å². The molecule has 0 aliphatic carbocycles. The molecule has 0 bridgehead atoms. The molecule has 2 aromatic rings. The van der Waals surface area contributed by atoms with E-state index in [1.165, 1.54) is 11.1 Å². The Kier molecular flexibility index (Phi) is 6.00. The first-order valence-corrected chi connectivity index (χ1v) is 7.62. The van der Waals surface area contributed by atoms with Gasteiger partial charge in [0.05, 0.1) is 11.4 Å². The number of aliphatic hydroxyl groups excluding tert-OH is 1. The van der Waals surface area contributed by atoms with Crippen LogP contribution < -0.4 is 16.4 Å². The molecule has 2 aromatic carbocycles. The van der Waals surface area contributed by atoms with Crippen LogP contribution in [0.25, 0.3) is 0 Å². The lowest BCUT2D eigenvalue weighted by Crippen LogP contribution is -2.39. The summed E-state index contributed by atoms with van der Waals surface area (Å²) in [6, 6.07) is 15.8. The molecule has 0 heterocycles. The molecule has 0 radical (unpaired) electrons. The van der Waals surface area contributed by atoms with Crippen molar-refractivity contribution >= 4 is 17.3 Å². The molecule has 0 spiro atoms. The van der Waals surface area contributed by atoms with Gasteiger partial charge in [-0.2, -0.15) is 0 Å². The SMILES string of the molecule is Cc1ccc(CC(CNC(=O)CO)Nc2ccccc2N)cc1. The average molecular weight is 313 g/mol. The Balaban J connectivity index is 2.09. The number of amides is 1. The molecule has 0 aliphatic rings. The Morgan fingerprint density at radius 1 is 1.17 bits per heavy atom. The molecule has 0 saturated heterocycles. The number of nitrogens with two attached hydrogens (primary N) is 1. The van der Waals surface area contributed by atoms with Crippen LogP contribution in [0.15, 0.2) is 48.5 Å². The Bertz CT molecular complexity index is 641. The van der Waals surface area contributed by atoms with Crippen LogP contribution in [-0.4, -0.2) is 30.2 Å². The summed E-state index contributed by atoms with van der Waals surface area (Å²) in [6.07, 6.45) is 0.736. The summed E-state index contributed by atoms with van der Waals surface area (Å²) < 4.78 is 0. The largest absolute Gasteiger partial charge is 0.397 e. The topological polar surface area (TPSA) is 87.4 Å². The van der Waals surface area contributed by atoms with Crippen LogP contribution in [-0.2, 0) is 11.2 Å². The van der Waals surface area contributed by atoms with Gasteiger partial charge in [0, 0.05) is 12.6 Å². The quantitative estimate of drug-likeness (QED) is 0.586. The minimum absolute atomic E-state index is 0.0297. The van der Waals surface area contributed by atoms with Crippen LogP contribution in [0.4, 0.5) is 11.4 Å². The van der Waals surface area contributed by atoms with Crippen LogP contribution in [0.5, 0.6) is 0 Å². The van der Waals surface area contributed by atoms with Crippen LogP contribution in [0.1, 0.15) is 11.1 Å². The third kappa shape index (κ3) is 5.30. The summed E-state index contributed by atoms with van der Waals surface area (Å²) in [4.78, 5) is 11.3. The van der Waals surface area contributed by atoms with Gasteiger partial charge in [-0.05, 0) is 31.0 Å². The van der Waals surface area contributed by atoms with E-state index in [-0.39, 0.29) is 11.9 Å². The smallest absolute Gasteiger partial charge is 0.245 e. The predicted molar refractivity (Wildman–Crippen MR) is 93.2 cm³/mol. The van der Waals surface area contributed by atoms with E-state index in [1.807, 2.05) is 31.2 Å². The Hall–Kier alpha value is -2.53. The molecular weight excluding hydrogens is 290 g/mol. The molecular formula is C18H23N3O2. The highest BCUT2D eigenvalue weighted by Gasteiger charge is 2.12. The summed E-state index contributed by atoms with van der Waals surface area (Å²) in [7, 11) is 0. The Morgan fingerprint density at radius 2 is 1.87 bits per heavy atom. The van der Waals surface area contributed by atoms with Gasteiger partial charge in [-0.3, -0.25) is 4.79 Å². The molecule has 5 nitrogen and oxygen atoms in total. The van der Waals surface area contributed by atoms with Gasteiger partial charge in [0.25, 0.3) is 0 Å². The monoisotopic (exact) mass is 313 g/mol. The van der Waals surface area contributed by atoms with E-state index < -0.39 is 6.61 Å². The van der Waals surface area contributed by atoms with E-state index in [0.29, 0.717) is 12.2 Å². The second kappa shape index (κ2) is 8.19. The van der Waals surface area contributed by atoms with Gasteiger partial charge in [-0.15, -0.1) is 0 Å². The third-order valence-electron chi connectivity index (χ3n) is 3.61. The zero-order chi connectivity index (χ0) is 16.7. The molecule has 5 heteroatoms. The first kappa shape index (κ1) is 16.8. The first-order valence-electron chi connectivity index (χ1n) is 7.62. The lowest BCUT2D eigenvalue weighted by Gasteiger charge is -2.21. The minimum atomic E-state index is -0.509. The van der Waals surface area contributed by atoms with Crippen molar-refractivity contribution in [1.29, 1.82) is 0 Å². The van der Waals surface area contributed by atoms with Crippen LogP contribution >= 0.6 is 0 Å².